The molecule has 0 bridgehead atoms. The van der Waals surface area contributed by atoms with Gasteiger partial charge in [0.1, 0.15) is 19.3 Å². The Hall–Kier alpha value is -0.990. The summed E-state index contributed by atoms with van der Waals surface area (Å²) in [5, 5.41) is 0. The van der Waals surface area contributed by atoms with Crippen LogP contribution in [0.1, 0.15) is 200 Å². The number of unbranched alkanes of at least 4 members (excludes halogenated alkanes) is 24. The molecule has 0 saturated carbocycles. The van der Waals surface area contributed by atoms with Gasteiger partial charge in [-0.2, -0.15) is 0 Å². The van der Waals surface area contributed by atoms with Gasteiger partial charge in [-0.05, 0) is 25.8 Å². The summed E-state index contributed by atoms with van der Waals surface area (Å²) in [6.07, 6.45) is 31.6. The van der Waals surface area contributed by atoms with Crippen molar-refractivity contribution in [2.24, 2.45) is 5.73 Å². The normalized spacial score (nSPS) is 12.8. The average Bonchev–Trinajstić information content (AvgIpc) is 3.06. The molecular formula is C38H76NO8P. The number of carbonyl (C=O) groups excluding carboxylic acids is 2. The van der Waals surface area contributed by atoms with Crippen molar-refractivity contribution in [1.82, 2.24) is 0 Å². The number of hydrogen-bond donors (Lipinski definition) is 2. The number of phosphoric ester groups is 1. The Balaban J connectivity index is 4.18. The Bertz CT molecular complexity index is 723. The van der Waals surface area contributed by atoms with Crippen LogP contribution in [0, 0.1) is 0 Å². The van der Waals surface area contributed by atoms with Gasteiger partial charge in [0.2, 0.25) is 0 Å². The topological polar surface area (TPSA) is 134 Å². The maximum absolute atomic E-state index is 12.4. The number of ether oxygens (including phenoxy) is 2. The van der Waals surface area contributed by atoms with Gasteiger partial charge < -0.3 is 20.1 Å². The van der Waals surface area contributed by atoms with Gasteiger partial charge >= 0.3 is 19.8 Å². The third-order valence-corrected chi connectivity index (χ3v) is 9.79. The van der Waals surface area contributed by atoms with Crippen molar-refractivity contribution in [3.05, 3.63) is 0 Å². The van der Waals surface area contributed by atoms with E-state index in [2.05, 4.69) is 13.8 Å². The highest BCUT2D eigenvalue weighted by molar-refractivity contribution is 7.47. The van der Waals surface area contributed by atoms with E-state index >= 15 is 0 Å². The predicted molar refractivity (Wildman–Crippen MR) is 197 cm³/mol. The Labute approximate surface area is 295 Å². The van der Waals surface area contributed by atoms with Gasteiger partial charge in [0.25, 0.3) is 0 Å². The van der Waals surface area contributed by atoms with Gasteiger partial charge in [-0.25, -0.2) is 4.57 Å². The van der Waals surface area contributed by atoms with E-state index in [0.29, 0.717) is 13.0 Å². The Morgan fingerprint density at radius 2 is 0.854 bits per heavy atom. The molecule has 0 spiro atoms. The summed E-state index contributed by atoms with van der Waals surface area (Å²) in [5.41, 5.74) is 5.43. The van der Waals surface area contributed by atoms with Crippen LogP contribution in [-0.2, 0) is 32.7 Å². The van der Waals surface area contributed by atoms with Gasteiger partial charge in [-0.1, -0.05) is 168 Å². The zero-order valence-corrected chi connectivity index (χ0v) is 32.1. The lowest BCUT2D eigenvalue weighted by molar-refractivity contribution is -0.152. The molecule has 0 aromatic heterocycles. The first-order chi connectivity index (χ1) is 23.3. The molecule has 3 N–H and O–H groups in total. The van der Waals surface area contributed by atoms with Crippen LogP contribution in [-0.4, -0.2) is 49.3 Å². The lowest BCUT2D eigenvalue weighted by Crippen LogP contribution is -2.28. The van der Waals surface area contributed by atoms with Gasteiger partial charge in [0.15, 0.2) is 0 Å². The molecule has 10 heteroatoms. The third kappa shape index (κ3) is 34.9. The van der Waals surface area contributed by atoms with E-state index in [9.17, 15) is 19.0 Å². The minimum Gasteiger partial charge on any atom is -0.463 e. The largest absolute Gasteiger partial charge is 0.472 e. The maximum Gasteiger partial charge on any atom is 0.472 e. The van der Waals surface area contributed by atoms with E-state index in [1.807, 2.05) is 0 Å². The molecule has 0 aromatic rings. The highest BCUT2D eigenvalue weighted by atomic mass is 31.2. The fraction of sp³-hybridized carbons (Fsp3) is 0.947. The van der Waals surface area contributed by atoms with Crippen LogP contribution < -0.4 is 5.73 Å². The molecule has 0 amide bonds. The van der Waals surface area contributed by atoms with Crippen LogP contribution in [0.5, 0.6) is 0 Å². The van der Waals surface area contributed by atoms with Crippen molar-refractivity contribution in [1.29, 1.82) is 0 Å². The monoisotopic (exact) mass is 706 g/mol. The molecule has 1 atom stereocenters. The minimum atomic E-state index is -4.44. The number of esters is 2. The summed E-state index contributed by atoms with van der Waals surface area (Å²) >= 11 is 0. The fourth-order valence-electron chi connectivity index (χ4n) is 5.68. The first kappa shape index (κ1) is 47.0. The quantitative estimate of drug-likeness (QED) is 0.0365. The van der Waals surface area contributed by atoms with Crippen LogP contribution in [0.3, 0.4) is 0 Å². The molecular weight excluding hydrogens is 629 g/mol. The molecule has 0 aliphatic rings. The van der Waals surface area contributed by atoms with E-state index in [1.54, 1.807) is 0 Å². The molecule has 0 saturated heterocycles. The van der Waals surface area contributed by atoms with Gasteiger partial charge in [-0.15, -0.1) is 0 Å². The highest BCUT2D eigenvalue weighted by Crippen LogP contribution is 2.44. The molecule has 0 aliphatic heterocycles. The van der Waals surface area contributed by atoms with Crippen molar-refractivity contribution in [3.63, 3.8) is 0 Å². The zero-order chi connectivity index (χ0) is 35.4. The molecule has 0 aromatic carbocycles. The Kier molecular flexibility index (Phi) is 35.1. The average molecular weight is 706 g/mol. The van der Waals surface area contributed by atoms with Crippen molar-refractivity contribution < 1.29 is 37.6 Å². The second-order valence-corrected chi connectivity index (χ2v) is 14.9. The molecule has 0 rings (SSSR count). The minimum absolute atomic E-state index is 0.0470. The summed E-state index contributed by atoms with van der Waals surface area (Å²) < 4.78 is 33.2. The van der Waals surface area contributed by atoms with Crippen molar-refractivity contribution in [2.75, 3.05) is 26.4 Å². The second kappa shape index (κ2) is 35.8. The smallest absolute Gasteiger partial charge is 0.463 e. The van der Waals surface area contributed by atoms with E-state index in [-0.39, 0.29) is 32.7 Å². The highest BCUT2D eigenvalue weighted by Gasteiger charge is 2.28. The van der Waals surface area contributed by atoms with Crippen molar-refractivity contribution >= 4 is 19.8 Å². The number of phosphoric acid groups is 1. The SMILES string of the molecule is CCCCCCCCCCCCCCCC(=O)OCC(COC(=O)CCCCCCCCCCCCCCC)OP(=O)(O)OCCCN. The number of carbonyl (C=O) groups is 2. The first-order valence-electron chi connectivity index (χ1n) is 20.0. The van der Waals surface area contributed by atoms with Crippen LogP contribution in [0.25, 0.3) is 0 Å². The van der Waals surface area contributed by atoms with Crippen LogP contribution in [0.15, 0.2) is 0 Å². The van der Waals surface area contributed by atoms with E-state index in [1.165, 1.54) is 128 Å². The molecule has 0 heterocycles. The van der Waals surface area contributed by atoms with Crippen molar-refractivity contribution in [3.8, 4) is 0 Å². The Morgan fingerprint density at radius 1 is 0.542 bits per heavy atom. The summed E-state index contributed by atoms with van der Waals surface area (Å²) in [7, 11) is -4.44. The van der Waals surface area contributed by atoms with Gasteiger partial charge in [0, 0.05) is 12.8 Å². The first-order valence-corrected chi connectivity index (χ1v) is 21.5. The second-order valence-electron chi connectivity index (χ2n) is 13.5. The Morgan fingerprint density at radius 3 is 1.17 bits per heavy atom. The van der Waals surface area contributed by atoms with Crippen LogP contribution in [0.4, 0.5) is 0 Å². The lowest BCUT2D eigenvalue weighted by atomic mass is 10.0. The summed E-state index contributed by atoms with van der Waals surface area (Å²) in [4.78, 5) is 34.8. The van der Waals surface area contributed by atoms with E-state index in [4.69, 9.17) is 24.3 Å². The summed E-state index contributed by atoms with van der Waals surface area (Å²) in [6, 6.07) is 0. The zero-order valence-electron chi connectivity index (χ0n) is 31.2. The number of hydrogen-bond acceptors (Lipinski definition) is 8. The van der Waals surface area contributed by atoms with E-state index < -0.39 is 25.9 Å². The molecule has 1 unspecified atom stereocenters. The number of rotatable bonds is 38. The molecule has 0 aliphatic carbocycles. The van der Waals surface area contributed by atoms with Gasteiger partial charge in [-0.3, -0.25) is 18.6 Å². The summed E-state index contributed by atoms with van der Waals surface area (Å²) in [6.45, 7) is 4.15. The maximum atomic E-state index is 12.4. The lowest BCUT2D eigenvalue weighted by Gasteiger charge is -2.20. The summed E-state index contributed by atoms with van der Waals surface area (Å²) in [5.74, 6) is -0.802. The molecule has 48 heavy (non-hydrogen) atoms. The fourth-order valence-corrected chi connectivity index (χ4v) is 6.60. The standard InChI is InChI=1S/C38H76NO8P/c1-3-5-7-9-11-13-15-17-19-21-23-25-27-30-37(40)44-34-36(47-48(42,43)46-33-29-32-39)35-45-38(41)31-28-26-24-22-20-18-16-14-12-10-8-6-4-2/h36H,3-35,39H2,1-2H3,(H,42,43). The molecule has 286 valence electrons. The van der Waals surface area contributed by atoms with E-state index in [0.717, 1.165) is 38.5 Å². The van der Waals surface area contributed by atoms with Crippen LogP contribution >= 0.6 is 7.82 Å². The van der Waals surface area contributed by atoms with Gasteiger partial charge in [0.05, 0.1) is 6.61 Å². The van der Waals surface area contributed by atoms with Crippen molar-refractivity contribution in [2.45, 2.75) is 206 Å². The molecule has 0 fully saturated rings. The predicted octanol–water partition coefficient (Wildman–Crippen LogP) is 10.9. The van der Waals surface area contributed by atoms with Crippen LogP contribution in [0.2, 0.25) is 0 Å². The number of nitrogens with two attached hydrogens (primary N) is 1. The molecule has 9 nitrogen and oxygen atoms in total. The molecule has 0 radical (unpaired) electrons. The third-order valence-electron chi connectivity index (χ3n) is 8.71.